The summed E-state index contributed by atoms with van der Waals surface area (Å²) >= 11 is 0. The Labute approximate surface area is 173 Å². The molecule has 0 saturated carbocycles. The van der Waals surface area contributed by atoms with Gasteiger partial charge in [0.1, 0.15) is 5.75 Å². The number of carbonyl (C=O) groups is 1. The van der Waals surface area contributed by atoms with Crippen molar-refractivity contribution >= 4 is 5.91 Å². The number of hydrogen-bond donors (Lipinski definition) is 0. The largest absolute Gasteiger partial charge is 0.496 e. The van der Waals surface area contributed by atoms with Gasteiger partial charge in [-0.05, 0) is 43.2 Å². The second-order valence-electron chi connectivity index (χ2n) is 7.40. The van der Waals surface area contributed by atoms with Crippen molar-refractivity contribution in [3.63, 3.8) is 0 Å². The summed E-state index contributed by atoms with van der Waals surface area (Å²) in [6, 6.07) is 20.2. The van der Waals surface area contributed by atoms with Gasteiger partial charge >= 0.3 is 0 Å². The minimum atomic E-state index is 0.0132. The van der Waals surface area contributed by atoms with E-state index in [-0.39, 0.29) is 5.91 Å². The molecule has 29 heavy (non-hydrogen) atoms. The molecular weight excluding hydrogens is 360 g/mol. The normalized spacial score (nSPS) is 10.7. The molecule has 4 nitrogen and oxygen atoms in total. The van der Waals surface area contributed by atoms with Crippen LogP contribution >= 0.6 is 0 Å². The Kier molecular flexibility index (Phi) is 7.12. The zero-order valence-corrected chi connectivity index (χ0v) is 17.6. The molecule has 0 N–H and O–H groups in total. The van der Waals surface area contributed by atoms with E-state index in [0.29, 0.717) is 17.9 Å². The quantitative estimate of drug-likeness (QED) is 0.497. The molecule has 1 heterocycles. The first-order valence-electron chi connectivity index (χ1n) is 10.2. The lowest BCUT2D eigenvalue weighted by molar-refractivity contribution is 0.0734. The number of amides is 1. The van der Waals surface area contributed by atoms with Gasteiger partial charge in [-0.1, -0.05) is 55.3 Å². The van der Waals surface area contributed by atoms with E-state index in [1.165, 1.54) is 11.1 Å². The lowest BCUT2D eigenvalue weighted by atomic mass is 10.1. The van der Waals surface area contributed by atoms with Gasteiger partial charge in [-0.3, -0.25) is 4.79 Å². The molecule has 0 aliphatic rings. The Balaban J connectivity index is 1.82. The molecule has 3 aromatic rings. The van der Waals surface area contributed by atoms with Crippen molar-refractivity contribution in [2.75, 3.05) is 13.7 Å². The molecule has 0 bridgehead atoms. The Morgan fingerprint density at radius 3 is 2.66 bits per heavy atom. The highest BCUT2D eigenvalue weighted by atomic mass is 16.5. The third kappa shape index (κ3) is 5.29. The van der Waals surface area contributed by atoms with Crippen LogP contribution in [0.4, 0.5) is 0 Å². The van der Waals surface area contributed by atoms with E-state index < -0.39 is 0 Å². The third-order valence-electron chi connectivity index (χ3n) is 5.12. The summed E-state index contributed by atoms with van der Waals surface area (Å²) < 4.78 is 7.64. The second kappa shape index (κ2) is 9.97. The van der Waals surface area contributed by atoms with E-state index in [9.17, 15) is 4.79 Å². The van der Waals surface area contributed by atoms with E-state index in [1.54, 1.807) is 7.11 Å². The maximum atomic E-state index is 13.3. The lowest BCUT2D eigenvalue weighted by Gasteiger charge is -2.24. The van der Waals surface area contributed by atoms with E-state index in [1.807, 2.05) is 29.2 Å². The number of hydrogen-bond acceptors (Lipinski definition) is 2. The van der Waals surface area contributed by atoms with Crippen molar-refractivity contribution in [2.45, 2.75) is 39.8 Å². The first kappa shape index (κ1) is 20.7. The van der Waals surface area contributed by atoms with Gasteiger partial charge in [0.05, 0.1) is 19.2 Å². The number of benzene rings is 2. The van der Waals surface area contributed by atoms with Crippen LogP contribution in [0.3, 0.4) is 0 Å². The van der Waals surface area contributed by atoms with Gasteiger partial charge in [0.2, 0.25) is 0 Å². The lowest BCUT2D eigenvalue weighted by Crippen LogP contribution is -2.32. The second-order valence-corrected chi connectivity index (χ2v) is 7.40. The molecule has 3 rings (SSSR count). The number of rotatable bonds is 9. The number of aromatic nitrogens is 1. The number of aryl methyl sites for hydroxylation is 1. The van der Waals surface area contributed by atoms with Crippen molar-refractivity contribution < 1.29 is 9.53 Å². The van der Waals surface area contributed by atoms with Gasteiger partial charge < -0.3 is 14.2 Å². The van der Waals surface area contributed by atoms with Crippen molar-refractivity contribution in [3.05, 3.63) is 89.2 Å². The number of unbranched alkanes of at least 4 members (excludes halogenated alkanes) is 1. The topological polar surface area (TPSA) is 34.5 Å². The fraction of sp³-hybridized carbons (Fsp3) is 0.320. The van der Waals surface area contributed by atoms with Crippen molar-refractivity contribution in [1.82, 2.24) is 9.47 Å². The predicted molar refractivity (Wildman–Crippen MR) is 117 cm³/mol. The molecule has 2 aromatic carbocycles. The summed E-state index contributed by atoms with van der Waals surface area (Å²) in [4.78, 5) is 15.2. The molecule has 4 heteroatoms. The van der Waals surface area contributed by atoms with Gasteiger partial charge in [-0.2, -0.15) is 0 Å². The Morgan fingerprint density at radius 1 is 1.07 bits per heavy atom. The van der Waals surface area contributed by atoms with Crippen LogP contribution in [0.1, 0.15) is 46.9 Å². The monoisotopic (exact) mass is 390 g/mol. The van der Waals surface area contributed by atoms with Gasteiger partial charge in [0.15, 0.2) is 0 Å². The molecule has 1 amide bonds. The molecular formula is C25H30N2O2. The van der Waals surface area contributed by atoms with Crippen LogP contribution in [0.15, 0.2) is 66.9 Å². The maximum absolute atomic E-state index is 13.3. The van der Waals surface area contributed by atoms with E-state index >= 15 is 0 Å². The fourth-order valence-electron chi connectivity index (χ4n) is 3.54. The Bertz CT molecular complexity index is 945. The highest BCUT2D eigenvalue weighted by Crippen LogP contribution is 2.21. The summed E-state index contributed by atoms with van der Waals surface area (Å²) in [6.45, 7) is 6.36. The van der Waals surface area contributed by atoms with Gasteiger partial charge in [0, 0.05) is 25.0 Å². The summed E-state index contributed by atoms with van der Waals surface area (Å²) in [5, 5.41) is 0. The van der Waals surface area contributed by atoms with Crippen LogP contribution in [0.2, 0.25) is 0 Å². The highest BCUT2D eigenvalue weighted by molar-refractivity contribution is 5.96. The molecule has 0 saturated heterocycles. The minimum absolute atomic E-state index is 0.0132. The molecule has 0 atom stereocenters. The SMILES string of the molecule is CCCCN(Cc1cccn1Cc1cccc(C)c1)C(=O)c1ccccc1OC. The fourth-order valence-corrected chi connectivity index (χ4v) is 3.54. The highest BCUT2D eigenvalue weighted by Gasteiger charge is 2.20. The average Bonchev–Trinajstić information content (AvgIpc) is 3.17. The Hall–Kier alpha value is -3.01. The molecule has 0 radical (unpaired) electrons. The molecule has 0 aliphatic heterocycles. The Morgan fingerprint density at radius 2 is 1.90 bits per heavy atom. The first-order valence-corrected chi connectivity index (χ1v) is 10.2. The van der Waals surface area contributed by atoms with Crippen LogP contribution in [0.25, 0.3) is 0 Å². The zero-order valence-electron chi connectivity index (χ0n) is 17.6. The molecule has 1 aromatic heterocycles. The van der Waals surface area contributed by atoms with Crippen LogP contribution < -0.4 is 4.74 Å². The molecule has 0 spiro atoms. The van der Waals surface area contributed by atoms with Crippen molar-refractivity contribution in [1.29, 1.82) is 0 Å². The van der Waals surface area contributed by atoms with Gasteiger partial charge in [-0.25, -0.2) is 0 Å². The number of carbonyl (C=O) groups excluding carboxylic acids is 1. The van der Waals surface area contributed by atoms with Crippen molar-refractivity contribution in [3.8, 4) is 5.75 Å². The molecule has 152 valence electrons. The summed E-state index contributed by atoms with van der Waals surface area (Å²) in [7, 11) is 1.61. The number of nitrogens with zero attached hydrogens (tertiary/aromatic N) is 2. The number of para-hydroxylation sites is 1. The molecule has 0 fully saturated rings. The van der Waals surface area contributed by atoms with E-state index in [2.05, 4.69) is 61.0 Å². The van der Waals surface area contributed by atoms with Crippen LogP contribution in [0, 0.1) is 6.92 Å². The minimum Gasteiger partial charge on any atom is -0.496 e. The molecule has 0 aliphatic carbocycles. The number of methoxy groups -OCH3 is 1. The van der Waals surface area contributed by atoms with Crippen LogP contribution in [-0.4, -0.2) is 29.0 Å². The zero-order chi connectivity index (χ0) is 20.6. The van der Waals surface area contributed by atoms with E-state index in [0.717, 1.165) is 31.6 Å². The van der Waals surface area contributed by atoms with E-state index in [4.69, 9.17) is 4.74 Å². The number of ether oxygens (including phenoxy) is 1. The maximum Gasteiger partial charge on any atom is 0.257 e. The summed E-state index contributed by atoms with van der Waals surface area (Å²) in [5.74, 6) is 0.633. The summed E-state index contributed by atoms with van der Waals surface area (Å²) in [5.41, 5.74) is 4.26. The first-order chi connectivity index (χ1) is 14.1. The predicted octanol–water partition coefficient (Wildman–Crippen LogP) is 5.30. The van der Waals surface area contributed by atoms with Crippen LogP contribution in [0.5, 0.6) is 5.75 Å². The summed E-state index contributed by atoms with van der Waals surface area (Å²) in [6.07, 6.45) is 4.10. The standard InChI is InChI=1S/C25H30N2O2/c1-4-5-15-27(25(28)23-13-6-7-14-24(23)29-3)19-22-12-9-16-26(22)18-21-11-8-10-20(2)17-21/h6-14,16-17H,4-5,15,18-19H2,1-3H3. The van der Waals surface area contributed by atoms with Crippen LogP contribution in [-0.2, 0) is 13.1 Å². The molecule has 0 unspecified atom stereocenters. The van der Waals surface area contributed by atoms with Crippen molar-refractivity contribution in [2.24, 2.45) is 0 Å². The smallest absolute Gasteiger partial charge is 0.257 e. The van der Waals surface area contributed by atoms with Gasteiger partial charge in [-0.15, -0.1) is 0 Å². The average molecular weight is 391 g/mol. The third-order valence-corrected chi connectivity index (χ3v) is 5.12. The van der Waals surface area contributed by atoms with Gasteiger partial charge in [0.25, 0.3) is 5.91 Å².